The van der Waals surface area contributed by atoms with E-state index in [0.29, 0.717) is 6.61 Å². The molecular formula is C18H18FN3O3. The van der Waals surface area contributed by atoms with Crippen LogP contribution in [0.4, 0.5) is 4.39 Å². The number of amides is 1. The second kappa shape index (κ2) is 8.73. The Morgan fingerprint density at radius 3 is 3.00 bits per heavy atom. The topological polar surface area (TPSA) is 83.5 Å². The van der Waals surface area contributed by atoms with Gasteiger partial charge in [0.2, 0.25) is 0 Å². The summed E-state index contributed by atoms with van der Waals surface area (Å²) < 4.78 is 18.4. The standard InChI is InChI=1S/C18H18FN3O3/c1-20-7-3-4-12-5-6-13(11-25-2)15(12)10-22-17(23)14-8-16(19)18(24)21-9-14/h3-5,7-9H,10-11H2,1-2H3,(H,21,24)(H,22,23)/b4-3-,20-7?. The number of hydrogen-bond donors (Lipinski definition) is 2. The third-order valence-corrected chi connectivity index (χ3v) is 3.46. The zero-order valence-corrected chi connectivity index (χ0v) is 13.9. The molecular weight excluding hydrogens is 325 g/mol. The molecule has 1 aromatic rings. The molecule has 7 heteroatoms. The number of methoxy groups -OCH3 is 1. The van der Waals surface area contributed by atoms with E-state index in [-0.39, 0.29) is 12.1 Å². The van der Waals surface area contributed by atoms with Gasteiger partial charge in [0.25, 0.3) is 11.5 Å². The van der Waals surface area contributed by atoms with Crippen LogP contribution in [0.3, 0.4) is 0 Å². The summed E-state index contributed by atoms with van der Waals surface area (Å²) in [5, 5.41) is 2.71. The lowest BCUT2D eigenvalue weighted by atomic mass is 10.0. The Labute approximate surface area is 144 Å². The average Bonchev–Trinajstić information content (AvgIpc) is 2.97. The fraction of sp³-hybridized carbons (Fsp3) is 0.222. The van der Waals surface area contributed by atoms with Crippen molar-refractivity contribution in [2.45, 2.75) is 0 Å². The highest BCUT2D eigenvalue weighted by molar-refractivity contribution is 5.94. The Kier molecular flexibility index (Phi) is 6.39. The first-order chi connectivity index (χ1) is 12.1. The number of H-pyrrole nitrogens is 1. The van der Waals surface area contributed by atoms with Crippen molar-refractivity contribution in [3.63, 3.8) is 0 Å². The maximum atomic E-state index is 13.3. The molecule has 0 aliphatic heterocycles. The van der Waals surface area contributed by atoms with Crippen LogP contribution in [0.25, 0.3) is 0 Å². The van der Waals surface area contributed by atoms with Crippen molar-refractivity contribution in [1.82, 2.24) is 10.3 Å². The number of ether oxygens (including phenoxy) is 1. The lowest BCUT2D eigenvalue weighted by Crippen LogP contribution is -2.28. The van der Waals surface area contributed by atoms with Crippen LogP contribution in [-0.4, -0.2) is 44.4 Å². The Hall–Kier alpha value is -3.02. The van der Waals surface area contributed by atoms with E-state index in [0.717, 1.165) is 22.8 Å². The third kappa shape index (κ3) is 4.73. The fourth-order valence-electron chi connectivity index (χ4n) is 2.23. The van der Waals surface area contributed by atoms with Gasteiger partial charge >= 0.3 is 0 Å². The third-order valence-electron chi connectivity index (χ3n) is 3.46. The van der Waals surface area contributed by atoms with Crippen LogP contribution in [0.15, 0.2) is 62.7 Å². The van der Waals surface area contributed by atoms with E-state index in [1.807, 2.05) is 6.08 Å². The van der Waals surface area contributed by atoms with Gasteiger partial charge in [-0.3, -0.25) is 14.6 Å². The molecule has 1 aliphatic rings. The molecule has 1 amide bonds. The molecule has 2 rings (SSSR count). The lowest BCUT2D eigenvalue weighted by Gasteiger charge is -2.11. The van der Waals surface area contributed by atoms with E-state index in [1.165, 1.54) is 6.20 Å². The maximum absolute atomic E-state index is 13.3. The normalized spacial score (nSPS) is 14.0. The van der Waals surface area contributed by atoms with Gasteiger partial charge < -0.3 is 15.0 Å². The number of carbonyl (C=O) groups excluding carboxylic acids is 1. The van der Waals surface area contributed by atoms with Crippen molar-refractivity contribution in [1.29, 1.82) is 0 Å². The molecule has 130 valence electrons. The van der Waals surface area contributed by atoms with Crippen molar-refractivity contribution in [2.24, 2.45) is 4.99 Å². The van der Waals surface area contributed by atoms with Crippen molar-refractivity contribution in [2.75, 3.05) is 27.3 Å². The van der Waals surface area contributed by atoms with E-state index in [9.17, 15) is 14.0 Å². The minimum Gasteiger partial charge on any atom is -0.379 e. The van der Waals surface area contributed by atoms with Gasteiger partial charge in [0.15, 0.2) is 5.82 Å². The highest BCUT2D eigenvalue weighted by Gasteiger charge is 2.15. The molecule has 0 atom stereocenters. The van der Waals surface area contributed by atoms with Crippen LogP contribution >= 0.6 is 0 Å². The van der Waals surface area contributed by atoms with Gasteiger partial charge in [-0.1, -0.05) is 6.08 Å². The van der Waals surface area contributed by atoms with E-state index < -0.39 is 17.3 Å². The van der Waals surface area contributed by atoms with E-state index in [2.05, 4.69) is 21.0 Å². The molecule has 25 heavy (non-hydrogen) atoms. The first-order valence-electron chi connectivity index (χ1n) is 7.50. The monoisotopic (exact) mass is 343 g/mol. The summed E-state index contributed by atoms with van der Waals surface area (Å²) in [5.74, 6) is -1.50. The summed E-state index contributed by atoms with van der Waals surface area (Å²) in [4.78, 5) is 29.2. The van der Waals surface area contributed by atoms with Gasteiger partial charge in [-0.15, -0.1) is 5.73 Å². The van der Waals surface area contributed by atoms with Crippen LogP contribution in [0, 0.1) is 5.82 Å². The molecule has 1 heterocycles. The van der Waals surface area contributed by atoms with E-state index >= 15 is 0 Å². The summed E-state index contributed by atoms with van der Waals surface area (Å²) >= 11 is 0. The zero-order chi connectivity index (χ0) is 18.2. The van der Waals surface area contributed by atoms with Crippen molar-refractivity contribution in [3.05, 3.63) is 74.7 Å². The average molecular weight is 343 g/mol. The molecule has 1 aromatic heterocycles. The quantitative estimate of drug-likeness (QED) is 0.582. The molecule has 6 nitrogen and oxygen atoms in total. The second-order valence-electron chi connectivity index (χ2n) is 5.15. The number of halogens is 1. The Balaban J connectivity index is 2.15. The molecule has 0 unspecified atom stereocenters. The summed E-state index contributed by atoms with van der Waals surface area (Å²) in [5.41, 5.74) is 4.82. The second-order valence-corrected chi connectivity index (χ2v) is 5.15. The predicted octanol–water partition coefficient (Wildman–Crippen LogP) is 1.54. The molecule has 0 spiro atoms. The highest BCUT2D eigenvalue weighted by Crippen LogP contribution is 2.21. The minimum absolute atomic E-state index is 0.0381. The molecule has 0 fully saturated rings. The van der Waals surface area contributed by atoms with Crippen LogP contribution in [0.2, 0.25) is 0 Å². The zero-order valence-electron chi connectivity index (χ0n) is 13.9. The minimum atomic E-state index is -1.00. The number of nitrogens with one attached hydrogen (secondary N) is 2. The van der Waals surface area contributed by atoms with Crippen LogP contribution in [-0.2, 0) is 4.74 Å². The first kappa shape index (κ1) is 18.3. The maximum Gasteiger partial charge on any atom is 0.283 e. The molecule has 0 aromatic carbocycles. The van der Waals surface area contributed by atoms with Crippen LogP contribution in [0.5, 0.6) is 0 Å². The van der Waals surface area contributed by atoms with Crippen molar-refractivity contribution < 1.29 is 13.9 Å². The van der Waals surface area contributed by atoms with Gasteiger partial charge in [0, 0.05) is 38.7 Å². The Bertz CT molecular complexity index is 872. The van der Waals surface area contributed by atoms with Crippen LogP contribution < -0.4 is 10.9 Å². The molecule has 0 bridgehead atoms. The predicted molar refractivity (Wildman–Crippen MR) is 93.4 cm³/mol. The van der Waals surface area contributed by atoms with Gasteiger partial charge in [-0.2, -0.15) is 0 Å². The number of carbonyl (C=O) groups is 1. The number of pyridine rings is 1. The number of hydrogen-bond acceptors (Lipinski definition) is 4. The summed E-state index contributed by atoms with van der Waals surface area (Å²) in [6.45, 7) is 0.568. The number of aliphatic imine (C=N–C) groups is 1. The Morgan fingerprint density at radius 1 is 1.52 bits per heavy atom. The number of aromatic amines is 1. The number of allylic oxidation sites excluding steroid dienone is 3. The van der Waals surface area contributed by atoms with Crippen molar-refractivity contribution >= 4 is 12.1 Å². The van der Waals surface area contributed by atoms with Gasteiger partial charge in [0.1, 0.15) is 0 Å². The molecule has 0 saturated carbocycles. The van der Waals surface area contributed by atoms with E-state index in [1.54, 1.807) is 32.5 Å². The molecule has 0 saturated heterocycles. The van der Waals surface area contributed by atoms with Gasteiger partial charge in [0.05, 0.1) is 12.2 Å². The lowest BCUT2D eigenvalue weighted by molar-refractivity contribution is 0.0956. The number of rotatable bonds is 7. The van der Waals surface area contributed by atoms with Crippen LogP contribution in [0.1, 0.15) is 10.4 Å². The number of aromatic nitrogens is 1. The van der Waals surface area contributed by atoms with Crippen molar-refractivity contribution in [3.8, 4) is 0 Å². The largest absolute Gasteiger partial charge is 0.379 e. The van der Waals surface area contributed by atoms with Gasteiger partial charge in [-0.25, -0.2) is 4.39 Å². The highest BCUT2D eigenvalue weighted by atomic mass is 19.1. The van der Waals surface area contributed by atoms with E-state index in [4.69, 9.17) is 4.74 Å². The molecule has 2 N–H and O–H groups in total. The smallest absolute Gasteiger partial charge is 0.283 e. The summed E-state index contributed by atoms with van der Waals surface area (Å²) in [6.07, 6.45) is 8.25. The molecule has 0 radical (unpaired) electrons. The number of nitrogens with zero attached hydrogens (tertiary/aromatic N) is 1. The fourth-order valence-corrected chi connectivity index (χ4v) is 2.23. The first-order valence-corrected chi connectivity index (χ1v) is 7.50. The molecule has 1 aliphatic carbocycles. The summed E-state index contributed by atoms with van der Waals surface area (Å²) in [7, 11) is 3.24. The Morgan fingerprint density at radius 2 is 2.32 bits per heavy atom. The summed E-state index contributed by atoms with van der Waals surface area (Å²) in [6, 6.07) is 0.903. The SMILES string of the molecule is CN=C/C=C\C1=C(CNC(=O)c2c[nH]c(=O)c(F)c2)C(COC)=C=C1. The van der Waals surface area contributed by atoms with Gasteiger partial charge in [-0.05, 0) is 29.4 Å².